The Morgan fingerprint density at radius 2 is 2.00 bits per heavy atom. The Balaban J connectivity index is 2.11. The molecule has 3 N–H and O–H groups in total. The van der Waals surface area contributed by atoms with Gasteiger partial charge in [-0.25, -0.2) is 4.79 Å². The summed E-state index contributed by atoms with van der Waals surface area (Å²) in [6.07, 6.45) is 1.22. The largest absolute Gasteiger partial charge is 0.481 e. The van der Waals surface area contributed by atoms with E-state index < -0.39 is 11.9 Å². The van der Waals surface area contributed by atoms with E-state index >= 15 is 0 Å². The minimum absolute atomic E-state index is 0.263. The molecule has 1 rings (SSSR count). The predicted octanol–water partition coefficient (Wildman–Crippen LogP) is 1.30. The van der Waals surface area contributed by atoms with Crippen molar-refractivity contribution < 1.29 is 14.7 Å². The Kier molecular flexibility index (Phi) is 6.71. The molecule has 0 spiro atoms. The highest BCUT2D eigenvalue weighted by Gasteiger charge is 2.10. The zero-order valence-corrected chi connectivity index (χ0v) is 12.8. The van der Waals surface area contributed by atoms with Crippen LogP contribution < -0.4 is 10.6 Å². The summed E-state index contributed by atoms with van der Waals surface area (Å²) in [6.45, 7) is 7.25. The zero-order valence-electron chi connectivity index (χ0n) is 12.8. The molecular formula is C14H24N4O3. The first-order valence-corrected chi connectivity index (χ1v) is 7.15. The summed E-state index contributed by atoms with van der Waals surface area (Å²) >= 11 is 0. The van der Waals surface area contributed by atoms with Crippen LogP contribution in [0.5, 0.6) is 0 Å². The Morgan fingerprint density at radius 3 is 2.57 bits per heavy atom. The van der Waals surface area contributed by atoms with Crippen molar-refractivity contribution in [3.63, 3.8) is 0 Å². The highest BCUT2D eigenvalue weighted by Crippen LogP contribution is 2.02. The topological polar surface area (TPSA) is 96.2 Å². The number of carboxylic acid groups (broad SMARTS) is 1. The second kappa shape index (κ2) is 8.28. The maximum Gasteiger partial charge on any atom is 0.314 e. The number of aromatic nitrogens is 2. The monoisotopic (exact) mass is 296 g/mol. The molecule has 1 atom stereocenters. The highest BCUT2D eigenvalue weighted by molar-refractivity contribution is 5.74. The molecule has 0 saturated heterocycles. The molecule has 1 unspecified atom stereocenters. The lowest BCUT2D eigenvalue weighted by atomic mass is 10.1. The number of carbonyl (C=O) groups excluding carboxylic acids is 1. The van der Waals surface area contributed by atoms with Crippen molar-refractivity contribution in [1.82, 2.24) is 20.4 Å². The van der Waals surface area contributed by atoms with Gasteiger partial charge in [0.25, 0.3) is 0 Å². The second-order valence-electron chi connectivity index (χ2n) is 5.21. The number of carboxylic acids is 1. The molecule has 0 bridgehead atoms. The lowest BCUT2D eigenvalue weighted by molar-refractivity contribution is -0.141. The third kappa shape index (κ3) is 6.29. The van der Waals surface area contributed by atoms with Crippen molar-refractivity contribution in [1.29, 1.82) is 0 Å². The fourth-order valence-electron chi connectivity index (χ4n) is 1.92. The van der Waals surface area contributed by atoms with Crippen LogP contribution in [0.25, 0.3) is 0 Å². The van der Waals surface area contributed by atoms with Gasteiger partial charge in [-0.05, 0) is 32.8 Å². The lowest BCUT2D eigenvalue weighted by Crippen LogP contribution is -2.37. The zero-order chi connectivity index (χ0) is 15.8. The number of nitrogens with zero attached hydrogens (tertiary/aromatic N) is 2. The first-order valence-electron chi connectivity index (χ1n) is 7.15. The van der Waals surface area contributed by atoms with E-state index in [1.54, 1.807) is 6.92 Å². The number of amides is 2. The summed E-state index contributed by atoms with van der Waals surface area (Å²) in [6, 6.07) is 1.75. The number of urea groups is 1. The van der Waals surface area contributed by atoms with E-state index in [9.17, 15) is 9.59 Å². The van der Waals surface area contributed by atoms with Crippen molar-refractivity contribution in [2.75, 3.05) is 13.1 Å². The van der Waals surface area contributed by atoms with Gasteiger partial charge < -0.3 is 15.7 Å². The van der Waals surface area contributed by atoms with Gasteiger partial charge in [-0.1, -0.05) is 6.92 Å². The second-order valence-corrected chi connectivity index (χ2v) is 5.21. The molecule has 1 heterocycles. The summed E-state index contributed by atoms with van der Waals surface area (Å²) in [5.74, 6) is -1.29. The Bertz CT molecular complexity index is 485. The SMILES string of the molecule is Cc1cc(C)n(CCCNC(=O)NCCC(C)C(=O)O)n1. The van der Waals surface area contributed by atoms with Gasteiger partial charge >= 0.3 is 12.0 Å². The molecule has 118 valence electrons. The molecule has 21 heavy (non-hydrogen) atoms. The van der Waals surface area contributed by atoms with Crippen LogP contribution in [-0.4, -0.2) is 40.0 Å². The summed E-state index contributed by atoms with van der Waals surface area (Å²) < 4.78 is 1.92. The average molecular weight is 296 g/mol. The minimum atomic E-state index is -0.845. The summed E-state index contributed by atoms with van der Waals surface area (Å²) in [4.78, 5) is 22.1. The van der Waals surface area contributed by atoms with Crippen LogP contribution in [0.15, 0.2) is 6.07 Å². The maximum atomic E-state index is 11.5. The minimum Gasteiger partial charge on any atom is -0.481 e. The molecule has 1 aromatic heterocycles. The number of aliphatic carboxylic acids is 1. The highest BCUT2D eigenvalue weighted by atomic mass is 16.4. The molecule has 0 aliphatic rings. The fraction of sp³-hybridized carbons (Fsp3) is 0.643. The first kappa shape index (κ1) is 17.0. The van der Waals surface area contributed by atoms with Crippen molar-refractivity contribution in [2.45, 2.75) is 40.2 Å². The first-order chi connectivity index (χ1) is 9.90. The van der Waals surface area contributed by atoms with Crippen LogP contribution in [0, 0.1) is 19.8 Å². The molecule has 1 aromatic rings. The summed E-state index contributed by atoms with van der Waals surface area (Å²) in [7, 11) is 0. The van der Waals surface area contributed by atoms with E-state index in [4.69, 9.17) is 5.11 Å². The van der Waals surface area contributed by atoms with Crippen LogP contribution in [0.4, 0.5) is 4.79 Å². The van der Waals surface area contributed by atoms with Gasteiger partial charge in [0.2, 0.25) is 0 Å². The van der Waals surface area contributed by atoms with Gasteiger partial charge in [0, 0.05) is 25.3 Å². The van der Waals surface area contributed by atoms with Gasteiger partial charge in [-0.3, -0.25) is 9.48 Å². The molecule has 7 heteroatoms. The number of rotatable bonds is 8. The van der Waals surface area contributed by atoms with Crippen molar-refractivity contribution in [2.24, 2.45) is 5.92 Å². The molecular weight excluding hydrogens is 272 g/mol. The molecule has 0 saturated carbocycles. The van der Waals surface area contributed by atoms with E-state index in [2.05, 4.69) is 15.7 Å². The van der Waals surface area contributed by atoms with Gasteiger partial charge in [-0.15, -0.1) is 0 Å². The molecule has 2 amide bonds. The Hall–Kier alpha value is -2.05. The number of hydrogen-bond acceptors (Lipinski definition) is 3. The molecule has 0 fully saturated rings. The van der Waals surface area contributed by atoms with Crippen LogP contribution >= 0.6 is 0 Å². The van der Waals surface area contributed by atoms with Crippen LogP contribution in [0.2, 0.25) is 0 Å². The van der Waals surface area contributed by atoms with Crippen molar-refractivity contribution in [3.05, 3.63) is 17.5 Å². The molecule has 0 aliphatic carbocycles. The summed E-state index contributed by atoms with van der Waals surface area (Å²) in [5, 5.41) is 18.5. The summed E-state index contributed by atoms with van der Waals surface area (Å²) in [5.41, 5.74) is 2.10. The van der Waals surface area contributed by atoms with Crippen LogP contribution in [0.3, 0.4) is 0 Å². The van der Waals surface area contributed by atoms with E-state index in [1.807, 2.05) is 24.6 Å². The van der Waals surface area contributed by atoms with Crippen molar-refractivity contribution in [3.8, 4) is 0 Å². The van der Waals surface area contributed by atoms with Crippen LogP contribution in [-0.2, 0) is 11.3 Å². The number of hydrogen-bond donors (Lipinski definition) is 3. The lowest BCUT2D eigenvalue weighted by Gasteiger charge is -2.09. The third-order valence-corrected chi connectivity index (χ3v) is 3.22. The molecule has 0 aliphatic heterocycles. The van der Waals surface area contributed by atoms with Gasteiger partial charge in [0.15, 0.2) is 0 Å². The van der Waals surface area contributed by atoms with Crippen molar-refractivity contribution >= 4 is 12.0 Å². The average Bonchev–Trinajstić information content (AvgIpc) is 2.72. The van der Waals surface area contributed by atoms with Crippen LogP contribution in [0.1, 0.15) is 31.2 Å². The Morgan fingerprint density at radius 1 is 1.33 bits per heavy atom. The quantitative estimate of drug-likeness (QED) is 0.630. The molecule has 7 nitrogen and oxygen atoms in total. The number of aryl methyl sites for hydroxylation is 3. The van der Waals surface area contributed by atoms with E-state index in [0.29, 0.717) is 19.5 Å². The van der Waals surface area contributed by atoms with Gasteiger partial charge in [-0.2, -0.15) is 5.10 Å². The van der Waals surface area contributed by atoms with E-state index in [1.165, 1.54) is 0 Å². The smallest absolute Gasteiger partial charge is 0.314 e. The number of carbonyl (C=O) groups is 2. The predicted molar refractivity (Wildman–Crippen MR) is 79.1 cm³/mol. The normalized spacial score (nSPS) is 12.0. The van der Waals surface area contributed by atoms with E-state index in [-0.39, 0.29) is 6.03 Å². The standard InChI is InChI=1S/C14H24N4O3/c1-10(13(19)20)5-7-16-14(21)15-6-4-8-18-12(3)9-11(2)17-18/h9-10H,4-8H2,1-3H3,(H,19,20)(H2,15,16,21). The molecule has 0 aromatic carbocycles. The number of nitrogens with one attached hydrogen (secondary N) is 2. The van der Waals surface area contributed by atoms with Gasteiger partial charge in [0.05, 0.1) is 11.6 Å². The fourth-order valence-corrected chi connectivity index (χ4v) is 1.92. The molecule has 0 radical (unpaired) electrons. The Labute approximate surface area is 124 Å². The van der Waals surface area contributed by atoms with E-state index in [0.717, 1.165) is 24.4 Å². The van der Waals surface area contributed by atoms with Gasteiger partial charge in [0.1, 0.15) is 0 Å². The maximum absolute atomic E-state index is 11.5. The third-order valence-electron chi connectivity index (χ3n) is 3.22.